The second kappa shape index (κ2) is 14.8. The lowest BCUT2D eigenvalue weighted by Gasteiger charge is -1.97. The van der Waals surface area contributed by atoms with E-state index in [0.29, 0.717) is 0 Å². The first-order valence-corrected chi connectivity index (χ1v) is 6.86. The predicted molar refractivity (Wildman–Crippen MR) is 69.8 cm³/mol. The average Bonchev–Trinajstić information content (AvgIpc) is 2.03. The van der Waals surface area contributed by atoms with Gasteiger partial charge in [0.05, 0.1) is 0 Å². The largest absolute Gasteiger partial charge is 0.199 e. The van der Waals surface area contributed by atoms with Crippen LogP contribution in [0.5, 0.6) is 0 Å². The van der Waals surface area contributed by atoms with Crippen molar-refractivity contribution in [2.45, 2.75) is 62.9 Å². The monoisotopic (exact) mass is 297 g/mol. The highest BCUT2D eigenvalue weighted by atomic mass is 127. The Labute approximate surface area is 102 Å². The standard InChI is InChI=1S/2C5H11.Al.HI/c2*1-3-5-4-2;;/h2*1,3-5H2,2H3;;1H. The first-order valence-electron chi connectivity index (χ1n) is 5.23. The van der Waals surface area contributed by atoms with Crippen LogP contribution in [-0.2, 0) is 0 Å². The summed E-state index contributed by atoms with van der Waals surface area (Å²) in [7, 11) is 0. The molecule has 0 aliphatic heterocycles. The predicted octanol–water partition coefficient (Wildman–Crippen LogP) is 4.53. The van der Waals surface area contributed by atoms with Crippen LogP contribution in [0, 0.1) is 0 Å². The molecular weight excluding hydrogens is 274 g/mol. The van der Waals surface area contributed by atoms with Gasteiger partial charge in [-0.2, -0.15) is 0 Å². The Kier molecular flexibility index (Phi) is 19.3. The zero-order chi connectivity index (χ0) is 8.36. The third-order valence-corrected chi connectivity index (χ3v) is 3.66. The van der Waals surface area contributed by atoms with Gasteiger partial charge in [0.1, 0.15) is 0 Å². The summed E-state index contributed by atoms with van der Waals surface area (Å²) in [6.45, 7) is 4.57. The Balaban J connectivity index is 0. The molecule has 2 heteroatoms. The van der Waals surface area contributed by atoms with Crippen LogP contribution in [0.25, 0.3) is 0 Å². The number of hydrogen-bond donors (Lipinski definition) is 0. The lowest BCUT2D eigenvalue weighted by molar-refractivity contribution is 0.752. The lowest BCUT2D eigenvalue weighted by Crippen LogP contribution is -1.88. The van der Waals surface area contributed by atoms with E-state index in [0.717, 1.165) is 15.2 Å². The van der Waals surface area contributed by atoms with Crippen LogP contribution in [-0.4, -0.2) is 15.2 Å². The maximum Gasteiger partial charge on any atom is 0.199 e. The van der Waals surface area contributed by atoms with Crippen LogP contribution in [0.2, 0.25) is 10.6 Å². The third kappa shape index (κ3) is 13.8. The van der Waals surface area contributed by atoms with Gasteiger partial charge in [-0.05, 0) is 0 Å². The van der Waals surface area contributed by atoms with Crippen LogP contribution < -0.4 is 0 Å². The van der Waals surface area contributed by atoms with E-state index in [2.05, 4.69) is 13.8 Å². The van der Waals surface area contributed by atoms with Gasteiger partial charge < -0.3 is 0 Å². The zero-order valence-electron chi connectivity index (χ0n) is 8.64. The van der Waals surface area contributed by atoms with Crippen molar-refractivity contribution in [3.05, 3.63) is 0 Å². The topological polar surface area (TPSA) is 0 Å². The van der Waals surface area contributed by atoms with Crippen molar-refractivity contribution in [2.75, 3.05) is 0 Å². The summed E-state index contributed by atoms with van der Waals surface area (Å²) in [5, 5.41) is 3.11. The van der Waals surface area contributed by atoms with Gasteiger partial charge in [0, 0.05) is 0 Å². The first kappa shape index (κ1) is 15.7. The summed E-state index contributed by atoms with van der Waals surface area (Å²) in [4.78, 5) is 0. The normalized spacial score (nSPS) is 9.17. The molecule has 0 saturated heterocycles. The van der Waals surface area contributed by atoms with E-state index in [1.165, 1.54) is 38.5 Å². The molecule has 0 aromatic heterocycles. The number of rotatable bonds is 8. The Morgan fingerprint density at radius 1 is 0.750 bits per heavy atom. The Hall–Kier alpha value is 1.26. The summed E-state index contributed by atoms with van der Waals surface area (Å²) in [5.74, 6) is 0. The van der Waals surface area contributed by atoms with Crippen molar-refractivity contribution in [3.8, 4) is 0 Å². The highest BCUT2D eigenvalue weighted by Gasteiger charge is 1.91. The van der Waals surface area contributed by atoms with E-state index < -0.39 is 0 Å². The van der Waals surface area contributed by atoms with Gasteiger partial charge in [0.15, 0.2) is 15.2 Å². The third-order valence-electron chi connectivity index (χ3n) is 2.02. The minimum absolute atomic E-state index is 0. The lowest BCUT2D eigenvalue weighted by atomic mass is 10.3. The van der Waals surface area contributed by atoms with Crippen LogP contribution in [0.4, 0.5) is 0 Å². The molecular formula is C10H23AlI. The van der Waals surface area contributed by atoms with Crippen LogP contribution in [0.1, 0.15) is 52.4 Å². The summed E-state index contributed by atoms with van der Waals surface area (Å²) in [6.07, 6.45) is 8.68. The highest BCUT2D eigenvalue weighted by Crippen LogP contribution is 2.04. The summed E-state index contributed by atoms with van der Waals surface area (Å²) >= 11 is 0.811. The molecule has 0 rings (SSSR count). The Bertz CT molecular complexity index is 58.9. The molecule has 0 spiro atoms. The Morgan fingerprint density at radius 3 is 1.50 bits per heavy atom. The smallest absolute Gasteiger partial charge is 0.107 e. The van der Waals surface area contributed by atoms with Crippen LogP contribution >= 0.6 is 24.0 Å². The number of halogens is 1. The quantitative estimate of drug-likeness (QED) is 0.351. The number of hydrogen-bond acceptors (Lipinski definition) is 0. The van der Waals surface area contributed by atoms with Gasteiger partial charge in [0.2, 0.25) is 0 Å². The van der Waals surface area contributed by atoms with E-state index in [-0.39, 0.29) is 24.0 Å². The van der Waals surface area contributed by atoms with E-state index >= 15 is 0 Å². The highest BCUT2D eigenvalue weighted by molar-refractivity contribution is 14.0. The molecule has 0 nitrogen and oxygen atoms in total. The van der Waals surface area contributed by atoms with Gasteiger partial charge >= 0.3 is 0 Å². The molecule has 1 radical (unpaired) electrons. The van der Waals surface area contributed by atoms with Crippen molar-refractivity contribution in [1.29, 1.82) is 0 Å². The summed E-state index contributed by atoms with van der Waals surface area (Å²) in [5.41, 5.74) is 0. The molecule has 0 amide bonds. The van der Waals surface area contributed by atoms with Gasteiger partial charge in [-0.25, -0.2) is 0 Å². The van der Waals surface area contributed by atoms with Gasteiger partial charge in [-0.15, -0.1) is 34.5 Å². The maximum absolute atomic E-state index is 2.28. The molecule has 73 valence electrons. The van der Waals surface area contributed by atoms with E-state index in [9.17, 15) is 0 Å². The SMILES string of the molecule is CCCC[CH2][Al][CH2]CCCC.I. The molecule has 0 aliphatic rings. The molecule has 0 fully saturated rings. The van der Waals surface area contributed by atoms with Crippen molar-refractivity contribution < 1.29 is 0 Å². The van der Waals surface area contributed by atoms with Crippen molar-refractivity contribution in [2.24, 2.45) is 0 Å². The van der Waals surface area contributed by atoms with Crippen molar-refractivity contribution in [3.63, 3.8) is 0 Å². The fourth-order valence-corrected chi connectivity index (χ4v) is 2.67. The van der Waals surface area contributed by atoms with Gasteiger partial charge in [-0.1, -0.05) is 52.4 Å². The molecule has 0 N–H and O–H groups in total. The second-order valence-electron chi connectivity index (χ2n) is 3.28. The minimum atomic E-state index is 0. The van der Waals surface area contributed by atoms with E-state index in [1.54, 1.807) is 10.6 Å². The molecule has 0 saturated carbocycles. The van der Waals surface area contributed by atoms with E-state index in [1.807, 2.05) is 0 Å². The molecule has 0 aliphatic carbocycles. The molecule has 0 bridgehead atoms. The summed E-state index contributed by atoms with van der Waals surface area (Å²) in [6, 6.07) is 0. The van der Waals surface area contributed by atoms with E-state index in [4.69, 9.17) is 0 Å². The maximum atomic E-state index is 2.28. The molecule has 0 aromatic rings. The van der Waals surface area contributed by atoms with Crippen LogP contribution in [0.3, 0.4) is 0 Å². The minimum Gasteiger partial charge on any atom is -0.107 e. The number of unbranched alkanes of at least 4 members (excludes halogenated alkanes) is 4. The molecule has 0 atom stereocenters. The van der Waals surface area contributed by atoms with Crippen LogP contribution in [0.15, 0.2) is 0 Å². The summed E-state index contributed by atoms with van der Waals surface area (Å²) < 4.78 is 0. The molecule has 0 heterocycles. The zero-order valence-corrected chi connectivity index (χ0v) is 12.1. The molecule has 0 unspecified atom stereocenters. The van der Waals surface area contributed by atoms with Gasteiger partial charge in [0.25, 0.3) is 0 Å². The van der Waals surface area contributed by atoms with Gasteiger partial charge in [-0.3, -0.25) is 0 Å². The Morgan fingerprint density at radius 2 is 1.17 bits per heavy atom. The first-order chi connectivity index (χ1) is 5.41. The van der Waals surface area contributed by atoms with Crippen molar-refractivity contribution in [1.82, 2.24) is 0 Å². The van der Waals surface area contributed by atoms with Crippen molar-refractivity contribution >= 4 is 39.2 Å². The fourth-order valence-electron chi connectivity index (χ4n) is 1.22. The molecule has 12 heavy (non-hydrogen) atoms. The second-order valence-corrected chi connectivity index (χ2v) is 5.01. The average molecular weight is 297 g/mol. The molecule has 0 aromatic carbocycles. The fraction of sp³-hybridized carbons (Fsp3) is 1.00.